The van der Waals surface area contributed by atoms with Crippen LogP contribution in [-0.4, -0.2) is 19.1 Å². The number of nitrogens with zero attached hydrogens (tertiary/aromatic N) is 1. The quantitative estimate of drug-likeness (QED) is 0.106. The molecule has 1 aliphatic carbocycles. The molecular weight excluding hydrogens is 664 g/mol. The lowest BCUT2D eigenvalue weighted by Gasteiger charge is -2.27. The molecule has 0 amide bonds. The highest BCUT2D eigenvalue weighted by Crippen LogP contribution is 2.43. The number of hydrogen-bond acceptors (Lipinski definition) is 6. The third-order valence-electron chi connectivity index (χ3n) is 10.6. The summed E-state index contributed by atoms with van der Waals surface area (Å²) in [6.45, 7) is 11.2. The Kier molecular flexibility index (Phi) is 12.8. The van der Waals surface area contributed by atoms with Crippen molar-refractivity contribution >= 4 is 17.3 Å². The molecule has 0 saturated carbocycles. The van der Waals surface area contributed by atoms with Crippen LogP contribution >= 0.6 is 11.6 Å². The summed E-state index contributed by atoms with van der Waals surface area (Å²) < 4.78 is 13.4. The Morgan fingerprint density at radius 3 is 2.58 bits per heavy atom. The lowest BCUT2D eigenvalue weighted by atomic mass is 9.90. The number of nitrogens with one attached hydrogen (secondary N) is 3. The monoisotopic (exact) mass is 716 g/mol. The number of halogens is 1. The highest BCUT2D eigenvalue weighted by molar-refractivity contribution is 6.32. The molecule has 52 heavy (non-hydrogen) atoms. The molecule has 1 unspecified atom stereocenters. The van der Waals surface area contributed by atoms with Gasteiger partial charge < -0.3 is 25.4 Å². The van der Waals surface area contributed by atoms with E-state index in [0.717, 1.165) is 67.8 Å². The number of rotatable bonds is 15. The predicted octanol–water partition coefficient (Wildman–Crippen LogP) is 10.7. The van der Waals surface area contributed by atoms with Crippen molar-refractivity contribution in [1.82, 2.24) is 10.6 Å². The Labute approximate surface area is 315 Å². The molecule has 0 bridgehead atoms. The number of ether oxygens (including phenoxy) is 2. The molecule has 6 rings (SSSR count). The Balaban J connectivity index is 1.25. The van der Waals surface area contributed by atoms with Gasteiger partial charge in [0.05, 0.1) is 16.7 Å². The summed E-state index contributed by atoms with van der Waals surface area (Å²) in [6.07, 6.45) is 10.8. The van der Waals surface area contributed by atoms with Crippen LogP contribution in [0.3, 0.4) is 0 Å². The van der Waals surface area contributed by atoms with Crippen LogP contribution < -0.4 is 25.4 Å². The van der Waals surface area contributed by atoms with Gasteiger partial charge in [-0.05, 0) is 123 Å². The number of piperidine rings is 1. The van der Waals surface area contributed by atoms with Crippen molar-refractivity contribution in [3.63, 3.8) is 0 Å². The van der Waals surface area contributed by atoms with Gasteiger partial charge in [0.25, 0.3) is 0 Å². The number of hydrogen-bond donors (Lipinski definition) is 3. The molecule has 2 atom stereocenters. The number of allylic oxidation sites excluding steroid dienone is 2. The van der Waals surface area contributed by atoms with E-state index in [4.69, 9.17) is 21.1 Å². The summed E-state index contributed by atoms with van der Waals surface area (Å²) in [5, 5.41) is 20.8. The van der Waals surface area contributed by atoms with Gasteiger partial charge in [-0.25, -0.2) is 0 Å². The maximum Gasteiger partial charge on any atom is 0.142 e. The van der Waals surface area contributed by atoms with Crippen LogP contribution in [0.1, 0.15) is 104 Å². The van der Waals surface area contributed by atoms with Gasteiger partial charge in [-0.15, -0.1) is 0 Å². The van der Waals surface area contributed by atoms with E-state index >= 15 is 0 Å². The molecule has 272 valence electrons. The van der Waals surface area contributed by atoms with Crippen LogP contribution in [0.5, 0.6) is 11.5 Å². The van der Waals surface area contributed by atoms with Crippen LogP contribution in [-0.2, 0) is 26.0 Å². The largest absolute Gasteiger partial charge is 0.488 e. The van der Waals surface area contributed by atoms with Crippen LogP contribution in [0.15, 0.2) is 78.5 Å². The Hall–Kier alpha value is -4.44. The van der Waals surface area contributed by atoms with Crippen molar-refractivity contribution in [3.8, 4) is 28.7 Å². The fraction of sp³-hybridized carbons (Fsp3) is 0.400. The Morgan fingerprint density at radius 2 is 1.81 bits per heavy atom. The van der Waals surface area contributed by atoms with Crippen molar-refractivity contribution < 1.29 is 9.47 Å². The zero-order chi connectivity index (χ0) is 36.5. The Morgan fingerprint density at radius 1 is 0.962 bits per heavy atom. The molecule has 0 aromatic heterocycles. The lowest BCUT2D eigenvalue weighted by Crippen LogP contribution is -2.41. The van der Waals surface area contributed by atoms with E-state index in [1.807, 2.05) is 37.3 Å². The molecule has 1 aliphatic heterocycles. The minimum atomic E-state index is -0.110. The first kappa shape index (κ1) is 37.3. The molecule has 1 saturated heterocycles. The standard InChI is InChI=1S/C45H53ClN4O2/c1-5-8-9-12-33-13-10-14-38(30(33)4)39-15-11-16-41-40(39)19-20-43(41)52-45-25-44(51-29-32-21-31(26-47)22-37(23-32)48-7-3)34(24-42(45)46)27-49-36-18-17-35(6-2)50-28-36/h6,10-11,13-16,21-25,36,43,48-50H,5,7-9,12,17-20,27-29H2,1-4H3/b35-6+/t36?,43-/m0/s1. The average molecular weight is 717 g/mol. The van der Waals surface area contributed by atoms with Crippen LogP contribution in [0.2, 0.25) is 5.02 Å². The molecule has 3 N–H and O–H groups in total. The number of anilines is 1. The first-order chi connectivity index (χ1) is 25.4. The molecule has 4 aromatic carbocycles. The van der Waals surface area contributed by atoms with Gasteiger partial charge in [0.15, 0.2) is 0 Å². The highest BCUT2D eigenvalue weighted by Gasteiger charge is 2.28. The molecule has 7 heteroatoms. The van der Waals surface area contributed by atoms with E-state index in [-0.39, 0.29) is 6.10 Å². The van der Waals surface area contributed by atoms with Gasteiger partial charge in [0.1, 0.15) is 24.2 Å². The molecule has 1 heterocycles. The third-order valence-corrected chi connectivity index (χ3v) is 10.8. The van der Waals surface area contributed by atoms with Gasteiger partial charge in [-0.3, -0.25) is 0 Å². The molecule has 6 nitrogen and oxygen atoms in total. The molecule has 0 radical (unpaired) electrons. The van der Waals surface area contributed by atoms with Crippen LogP contribution in [0, 0.1) is 18.3 Å². The topological polar surface area (TPSA) is 78.3 Å². The zero-order valence-corrected chi connectivity index (χ0v) is 32.0. The number of nitriles is 1. The maximum atomic E-state index is 9.66. The van der Waals surface area contributed by atoms with Crippen LogP contribution in [0.4, 0.5) is 5.69 Å². The second-order valence-electron chi connectivity index (χ2n) is 14.1. The first-order valence-corrected chi connectivity index (χ1v) is 19.5. The minimum absolute atomic E-state index is 0.110. The minimum Gasteiger partial charge on any atom is -0.488 e. The van der Waals surface area contributed by atoms with Crippen molar-refractivity contribution in [2.75, 3.05) is 18.4 Å². The maximum absolute atomic E-state index is 9.66. The summed E-state index contributed by atoms with van der Waals surface area (Å²) in [7, 11) is 0. The summed E-state index contributed by atoms with van der Waals surface area (Å²) in [4.78, 5) is 0. The van der Waals surface area contributed by atoms with Crippen molar-refractivity contribution in [2.45, 2.75) is 104 Å². The molecule has 4 aromatic rings. The average Bonchev–Trinajstić information content (AvgIpc) is 3.58. The molecule has 1 fully saturated rings. The summed E-state index contributed by atoms with van der Waals surface area (Å²) >= 11 is 7.02. The van der Waals surface area contributed by atoms with E-state index < -0.39 is 0 Å². The number of unbranched alkanes of at least 4 members (excludes halogenated alkanes) is 2. The van der Waals surface area contributed by atoms with E-state index in [1.165, 1.54) is 58.3 Å². The van der Waals surface area contributed by atoms with E-state index in [0.29, 0.717) is 35.5 Å². The lowest BCUT2D eigenvalue weighted by molar-refractivity contribution is 0.206. The van der Waals surface area contributed by atoms with Crippen molar-refractivity contribution in [2.24, 2.45) is 0 Å². The number of fused-ring (bicyclic) bond motifs is 1. The SMILES string of the molecule is C/C=C1\CCC(NCc2cc(Cl)c(O[C@H]3CCc4c(-c5cccc(CCCCC)c5C)cccc43)cc2OCc2cc(C#N)cc(NCC)c2)CN1. The fourth-order valence-electron chi connectivity index (χ4n) is 7.65. The van der Waals surface area contributed by atoms with Gasteiger partial charge in [0.2, 0.25) is 0 Å². The second kappa shape index (κ2) is 17.9. The second-order valence-corrected chi connectivity index (χ2v) is 14.5. The van der Waals surface area contributed by atoms with E-state index in [1.54, 1.807) is 0 Å². The smallest absolute Gasteiger partial charge is 0.142 e. The normalized spacial score (nSPS) is 17.3. The van der Waals surface area contributed by atoms with Crippen molar-refractivity contribution in [3.05, 3.63) is 122 Å². The van der Waals surface area contributed by atoms with E-state index in [2.05, 4.69) is 85.3 Å². The number of aryl methyl sites for hydroxylation is 1. The highest BCUT2D eigenvalue weighted by atomic mass is 35.5. The summed E-state index contributed by atoms with van der Waals surface area (Å²) in [5.74, 6) is 1.34. The third kappa shape index (κ3) is 8.95. The van der Waals surface area contributed by atoms with Gasteiger partial charge in [0, 0.05) is 48.7 Å². The Bertz CT molecular complexity index is 1920. The summed E-state index contributed by atoms with van der Waals surface area (Å²) in [5.41, 5.74) is 12.8. The zero-order valence-electron chi connectivity index (χ0n) is 31.2. The first-order valence-electron chi connectivity index (χ1n) is 19.1. The molecule has 2 aliphatic rings. The van der Waals surface area contributed by atoms with E-state index in [9.17, 15) is 5.26 Å². The number of benzene rings is 4. The van der Waals surface area contributed by atoms with Gasteiger partial charge in [-0.1, -0.05) is 73.8 Å². The predicted molar refractivity (Wildman–Crippen MR) is 214 cm³/mol. The molecular formula is C45H53ClN4O2. The molecule has 0 spiro atoms. The summed E-state index contributed by atoms with van der Waals surface area (Å²) in [6, 6.07) is 25.8. The van der Waals surface area contributed by atoms with Crippen LogP contribution in [0.25, 0.3) is 11.1 Å². The van der Waals surface area contributed by atoms with Gasteiger partial charge >= 0.3 is 0 Å². The van der Waals surface area contributed by atoms with Gasteiger partial charge in [-0.2, -0.15) is 5.26 Å². The van der Waals surface area contributed by atoms with Crippen molar-refractivity contribution in [1.29, 1.82) is 5.26 Å². The fourth-order valence-corrected chi connectivity index (χ4v) is 7.88.